The third kappa shape index (κ3) is 28.7. The van der Waals surface area contributed by atoms with Gasteiger partial charge in [0.25, 0.3) is 23.6 Å². The molecule has 4 aliphatic heterocycles. The van der Waals surface area contributed by atoms with Crippen LogP contribution < -0.4 is 47.3 Å². The number of nitrogens with two attached hydrogens (primary N) is 1. The summed E-state index contributed by atoms with van der Waals surface area (Å²) in [7, 11) is 5.99. The Balaban J connectivity index is 0.767. The normalized spacial score (nSPS) is 17.3. The number of alkyl halides is 3. The molecule has 0 spiro atoms. The molecule has 4 aliphatic rings. The number of ether oxygens (including phenoxy) is 7. The molecule has 34 nitrogen and oxygen atoms in total. The quantitative estimate of drug-likeness (QED) is 0.0133. The number of morpholine rings is 2. The highest BCUT2D eigenvalue weighted by molar-refractivity contribution is 8.08. The number of methoxy groups -OCH3 is 2. The molecule has 12 atom stereocenters. The SMILES string of the molecule is CCC(C)[C@@H]([C@@H](CC(=O)N1CCC[C@H]1[C@H](OC)[C@@H](C)C(=O)N[C@H](C)[C@@H](O)c1ccccc1)OC)N(C)C(=O)[C@@H](NC(=O)[C@H](C(C)C)N(C)C(=O)OCc1ccc(NC(=O)[C@H](CCCNC(N)=O)NC(=O)[C@@H](NC(=O)COCCOc2ccc(N3C(=O)C(Sc4ccc(C(=O)N5CCOCC5)cc4)=C(Sc4ccc(C(=O)N5CCOCC5)cc4)C3=O)cc2C(F)(F)F)C(C)C)cc1)C(C)C. The number of nitrogens with zero attached hydrogens (tertiary/aromatic N) is 6. The number of primary amides is 1. The second-order valence-corrected chi connectivity index (χ2v) is 36.7. The average Bonchev–Trinajstić information content (AvgIpc) is 1.60. The summed E-state index contributed by atoms with van der Waals surface area (Å²) in [4.78, 5) is 190. The zero-order valence-electron chi connectivity index (χ0n) is 78.2. The number of likely N-dealkylation sites (tertiary alicyclic amines) is 1. The number of aliphatic hydroxyl groups is 1. The molecule has 3 fully saturated rings. The molecule has 9 N–H and O–H groups in total. The third-order valence-electron chi connectivity index (χ3n) is 24.0. The number of urea groups is 1. The number of likely N-dealkylation sites (N-methyl/N-ethyl adjacent to an activating group) is 2. The van der Waals surface area contributed by atoms with Gasteiger partial charge in [-0.25, -0.2) is 14.5 Å². The molecule has 0 saturated carbocycles. The van der Waals surface area contributed by atoms with E-state index in [-0.39, 0.29) is 77.5 Å². The fourth-order valence-corrected chi connectivity index (χ4v) is 18.4. The summed E-state index contributed by atoms with van der Waals surface area (Å²) in [6, 6.07) is 23.0. The first-order chi connectivity index (χ1) is 63.8. The molecule has 4 heterocycles. The number of imide groups is 1. The number of nitrogens with one attached hydrogen (secondary N) is 6. The van der Waals surface area contributed by atoms with Crippen LogP contribution in [0.15, 0.2) is 141 Å². The number of hydrogen-bond donors (Lipinski definition) is 8. The largest absolute Gasteiger partial charge is 0.491 e. The van der Waals surface area contributed by atoms with Gasteiger partial charge < -0.3 is 95.5 Å². The van der Waals surface area contributed by atoms with Gasteiger partial charge in [0.15, 0.2) is 0 Å². The molecule has 0 radical (unpaired) electrons. The summed E-state index contributed by atoms with van der Waals surface area (Å²) in [5.41, 5.74) is 5.57. The van der Waals surface area contributed by atoms with Crippen molar-refractivity contribution < 1.29 is 114 Å². The number of carbonyl (C=O) groups is 13. The minimum atomic E-state index is -5.11. The summed E-state index contributed by atoms with van der Waals surface area (Å²) >= 11 is 1.77. The van der Waals surface area contributed by atoms with Crippen molar-refractivity contribution in [1.29, 1.82) is 0 Å². The van der Waals surface area contributed by atoms with Crippen LogP contribution in [-0.2, 0) is 84.4 Å². The van der Waals surface area contributed by atoms with Gasteiger partial charge in [0, 0.05) is 94.2 Å². The van der Waals surface area contributed by atoms with E-state index >= 15 is 13.2 Å². The van der Waals surface area contributed by atoms with E-state index in [1.165, 1.54) is 38.3 Å². The highest BCUT2D eigenvalue weighted by Crippen LogP contribution is 2.47. The van der Waals surface area contributed by atoms with Crippen molar-refractivity contribution in [3.63, 3.8) is 0 Å². The van der Waals surface area contributed by atoms with Gasteiger partial charge in [-0.1, -0.05) is 135 Å². The second-order valence-electron chi connectivity index (χ2n) is 34.5. The first-order valence-electron chi connectivity index (χ1n) is 45.0. The molecule has 0 aliphatic carbocycles. The van der Waals surface area contributed by atoms with Crippen molar-refractivity contribution in [1.82, 2.24) is 51.1 Å². The fourth-order valence-electron chi connectivity index (χ4n) is 16.4. The molecule has 14 amide bonds. The van der Waals surface area contributed by atoms with E-state index in [1.807, 2.05) is 19.9 Å². The Labute approximate surface area is 787 Å². The van der Waals surface area contributed by atoms with Gasteiger partial charge >= 0.3 is 18.3 Å². The molecule has 5 aromatic rings. The van der Waals surface area contributed by atoms with Crippen LogP contribution in [0.2, 0.25) is 0 Å². The summed E-state index contributed by atoms with van der Waals surface area (Å²) in [5, 5.41) is 27.3. The van der Waals surface area contributed by atoms with Crippen molar-refractivity contribution in [2.75, 3.05) is 124 Å². The molecule has 5 aromatic carbocycles. The minimum absolute atomic E-state index is 0.0120. The summed E-state index contributed by atoms with van der Waals surface area (Å²) in [5.74, 6) is -9.60. The Kier molecular flexibility index (Phi) is 40.0. The monoisotopic (exact) mass is 1910 g/mol. The van der Waals surface area contributed by atoms with Gasteiger partial charge in [-0.3, -0.25) is 57.6 Å². The number of rotatable bonds is 45. The van der Waals surface area contributed by atoms with Gasteiger partial charge in [0.1, 0.15) is 49.7 Å². The van der Waals surface area contributed by atoms with E-state index in [0.29, 0.717) is 121 Å². The third-order valence-corrected chi connectivity index (χ3v) is 26.3. The molecular weight excluding hydrogens is 1780 g/mol. The van der Waals surface area contributed by atoms with E-state index in [0.717, 1.165) is 40.6 Å². The number of anilines is 2. The van der Waals surface area contributed by atoms with Crippen LogP contribution >= 0.6 is 23.5 Å². The van der Waals surface area contributed by atoms with Gasteiger partial charge in [-0.15, -0.1) is 0 Å². The summed E-state index contributed by atoms with van der Waals surface area (Å²) in [6.07, 6.45) is -6.70. The lowest BCUT2D eigenvalue weighted by molar-refractivity contribution is -0.148. The summed E-state index contributed by atoms with van der Waals surface area (Å²) < 4.78 is 84.9. The number of thioether (sulfide) groups is 2. The first kappa shape index (κ1) is 106. The Hall–Kier alpha value is -11.2. The number of halogens is 3. The lowest BCUT2D eigenvalue weighted by Gasteiger charge is -2.41. The molecule has 39 heteroatoms. The van der Waals surface area contributed by atoms with Gasteiger partial charge in [-0.2, -0.15) is 13.2 Å². The number of hydrogen-bond acceptors (Lipinski definition) is 23. The van der Waals surface area contributed by atoms with Gasteiger partial charge in [0.05, 0.1) is 103 Å². The predicted octanol–water partition coefficient (Wildman–Crippen LogP) is 9.32. The highest BCUT2D eigenvalue weighted by Gasteiger charge is 2.47. The molecule has 0 aromatic heterocycles. The van der Waals surface area contributed by atoms with Crippen LogP contribution in [-0.4, -0.2) is 275 Å². The van der Waals surface area contributed by atoms with Gasteiger partial charge in [-0.05, 0) is 146 Å². The highest BCUT2D eigenvalue weighted by atomic mass is 32.2. The second kappa shape index (κ2) is 50.4. The van der Waals surface area contributed by atoms with Crippen LogP contribution in [0.25, 0.3) is 0 Å². The zero-order chi connectivity index (χ0) is 97.9. The maximum atomic E-state index is 15.1. The minimum Gasteiger partial charge on any atom is -0.491 e. The van der Waals surface area contributed by atoms with Crippen molar-refractivity contribution in [2.45, 2.75) is 191 Å². The van der Waals surface area contributed by atoms with Crippen molar-refractivity contribution in [2.24, 2.45) is 35.3 Å². The number of benzene rings is 5. The standard InChI is InChI=1S/C95H126F3N13O21S2/c1-15-58(8)79(73(126-13)52-75(113)110-40-20-24-71(110)81(127-14)59(9)84(115)101-60(10)80(114)62-21-17-16-18-22-62)106(11)90(121)77(56(4)5)105-87(118)78(57(6)7)107(12)94(125)132-53-61-25-31-65(32-26-61)102-85(116)70(23-19-39-100-93(99)124)103-86(117)76(55(2)3)104-74(112)54-130-49-50-131-72-38-33-66(51-69(72)95(96,97)98)111-91(122)82(133-67-34-27-63(28-35-67)88(119)108-41-45-128-46-42-108)83(92(111)123)134-68-36-29-64(30-37-68)89(120)109-43-47-129-48-44-109/h16-18,21-22,25-38,51,55-60,70-71,73,76-81,114H,15,19-20,23-24,39-50,52-54H2,1-14H3,(H,101,115)(H,102,116)(H,103,117)(H,104,112)(H,105,118)(H3,99,100,124)/t58?,59-,60-,70+,71+,73-,76+,77+,78+,79+,80-,81-/m1/s1. The zero-order valence-corrected chi connectivity index (χ0v) is 79.8. The molecule has 3 saturated heterocycles. The Bertz CT molecular complexity index is 4820. The van der Waals surface area contributed by atoms with E-state index < -0.39 is 181 Å². The fraction of sp³-hybridized carbons (Fsp3) is 0.526. The molecule has 134 heavy (non-hydrogen) atoms. The van der Waals surface area contributed by atoms with Crippen LogP contribution in [0.3, 0.4) is 0 Å². The molecule has 0 bridgehead atoms. The number of amides is 14. The Morgan fingerprint density at radius 3 is 1.74 bits per heavy atom. The van der Waals surface area contributed by atoms with Crippen LogP contribution in [0.1, 0.15) is 151 Å². The van der Waals surface area contributed by atoms with Crippen molar-refractivity contribution in [3.8, 4) is 5.75 Å². The molecule has 1 unspecified atom stereocenters. The topological polar surface area (TPSA) is 424 Å². The van der Waals surface area contributed by atoms with Gasteiger partial charge in [0.2, 0.25) is 41.4 Å². The van der Waals surface area contributed by atoms with E-state index in [9.17, 15) is 67.4 Å². The Morgan fingerprint density at radius 1 is 0.642 bits per heavy atom. The van der Waals surface area contributed by atoms with Crippen LogP contribution in [0.4, 0.5) is 34.1 Å². The lowest BCUT2D eigenvalue weighted by Crippen LogP contribution is -2.60. The smallest absolute Gasteiger partial charge is 0.420 e. The first-order valence-corrected chi connectivity index (χ1v) is 46.6. The molecule has 9 rings (SSSR count). The van der Waals surface area contributed by atoms with E-state index in [1.54, 1.807) is 162 Å². The summed E-state index contributed by atoms with van der Waals surface area (Å²) in [6.45, 7) is 19.1. The van der Waals surface area contributed by atoms with Crippen molar-refractivity contribution in [3.05, 3.63) is 159 Å². The maximum absolute atomic E-state index is 15.1. The Morgan fingerprint density at radius 2 is 1.22 bits per heavy atom. The maximum Gasteiger partial charge on any atom is 0.420 e. The van der Waals surface area contributed by atoms with Crippen molar-refractivity contribution >= 4 is 112 Å². The van der Waals surface area contributed by atoms with Crippen LogP contribution in [0, 0.1) is 29.6 Å². The predicted molar refractivity (Wildman–Crippen MR) is 494 cm³/mol. The average molecular weight is 1910 g/mol. The van der Waals surface area contributed by atoms with E-state index in [4.69, 9.17) is 38.9 Å². The lowest BCUT2D eigenvalue weighted by atomic mass is 9.89. The molecular formula is C95H126F3N13O21S2. The molecule has 730 valence electrons. The number of aliphatic hydroxyl groups excluding tert-OH is 1. The van der Waals surface area contributed by atoms with E-state index in [2.05, 4.69) is 31.9 Å². The number of carbonyl (C=O) groups excluding carboxylic acids is 13. The van der Waals surface area contributed by atoms with Crippen LogP contribution in [0.5, 0.6) is 5.75 Å².